The molecule has 0 radical (unpaired) electrons. The van der Waals surface area contributed by atoms with E-state index in [4.69, 9.17) is 5.73 Å². The Balaban J connectivity index is 3.15. The molecule has 0 aliphatic heterocycles. The van der Waals surface area contributed by atoms with Crippen LogP contribution in [0.2, 0.25) is 0 Å². The van der Waals surface area contributed by atoms with Gasteiger partial charge in [0.2, 0.25) is 0 Å². The Kier molecular flexibility index (Phi) is 1.53. The van der Waals surface area contributed by atoms with E-state index in [9.17, 15) is 9.90 Å². The highest BCUT2D eigenvalue weighted by Crippen LogP contribution is 2.03. The molecule has 0 saturated heterocycles. The number of carboxylic acids is 1. The summed E-state index contributed by atoms with van der Waals surface area (Å²) in [4.78, 5) is 13.7. The maximum atomic E-state index is 10.2. The minimum atomic E-state index is -1.30. The van der Waals surface area contributed by atoms with Crippen molar-refractivity contribution in [1.82, 2.24) is 4.98 Å². The highest BCUT2D eigenvalue weighted by molar-refractivity contribution is 5.90. The molecule has 0 atom stereocenters. The number of aromatic carboxylic acids is 1. The summed E-state index contributed by atoms with van der Waals surface area (Å²) >= 11 is 0. The molecule has 4 heteroatoms. The minimum absolute atomic E-state index is 0.0116. The van der Waals surface area contributed by atoms with Gasteiger partial charge in [-0.1, -0.05) is 0 Å². The van der Waals surface area contributed by atoms with Crippen LogP contribution in [0.25, 0.3) is 0 Å². The number of rotatable bonds is 1. The third-order valence-electron chi connectivity index (χ3n) is 1.06. The van der Waals surface area contributed by atoms with E-state index in [0.717, 1.165) is 0 Å². The predicted molar refractivity (Wildman–Crippen MR) is 33.0 cm³/mol. The highest BCUT2D eigenvalue weighted by atomic mass is 16.4. The van der Waals surface area contributed by atoms with Crippen molar-refractivity contribution in [1.29, 1.82) is 0 Å². The fourth-order valence-electron chi connectivity index (χ4n) is 0.590. The van der Waals surface area contributed by atoms with E-state index in [1.54, 1.807) is 0 Å². The number of nitrogens with zero attached hydrogens (tertiary/aromatic N) is 1. The maximum absolute atomic E-state index is 10.2. The summed E-state index contributed by atoms with van der Waals surface area (Å²) < 4.78 is 0. The van der Waals surface area contributed by atoms with Crippen molar-refractivity contribution in [2.75, 3.05) is 5.73 Å². The van der Waals surface area contributed by atoms with Gasteiger partial charge in [-0.2, -0.15) is 0 Å². The van der Waals surface area contributed by atoms with Crippen LogP contribution in [-0.4, -0.2) is 11.0 Å². The summed E-state index contributed by atoms with van der Waals surface area (Å²) in [7, 11) is 0. The third kappa shape index (κ3) is 1.05. The molecule has 1 aromatic rings. The average Bonchev–Trinajstić information content (AvgIpc) is 1.88. The molecule has 1 rings (SSSR count). The van der Waals surface area contributed by atoms with E-state index in [1.165, 1.54) is 18.3 Å². The van der Waals surface area contributed by atoms with E-state index in [1.807, 2.05) is 0 Å². The third-order valence-corrected chi connectivity index (χ3v) is 1.06. The molecular weight excluding hydrogens is 132 g/mol. The van der Waals surface area contributed by atoms with Gasteiger partial charge in [0.1, 0.15) is 5.82 Å². The van der Waals surface area contributed by atoms with Crippen LogP contribution in [0.1, 0.15) is 10.4 Å². The summed E-state index contributed by atoms with van der Waals surface area (Å²) in [5.74, 6) is -1.31. The number of carboxylic acid groups (broad SMARTS) is 1. The number of carbonyl (C=O) groups excluding carboxylic acids is 1. The van der Waals surface area contributed by atoms with Gasteiger partial charge in [0.25, 0.3) is 0 Å². The van der Waals surface area contributed by atoms with Gasteiger partial charge in [-0.05, 0) is 12.1 Å². The summed E-state index contributed by atoms with van der Waals surface area (Å²) in [5, 5.41) is 10.2. The van der Waals surface area contributed by atoms with Crippen LogP contribution < -0.4 is 10.8 Å². The van der Waals surface area contributed by atoms with Gasteiger partial charge >= 0.3 is 0 Å². The lowest BCUT2D eigenvalue weighted by Crippen LogP contribution is -2.23. The Morgan fingerprint density at radius 1 is 1.70 bits per heavy atom. The smallest absolute Gasteiger partial charge is 0.132 e. The molecule has 4 nitrogen and oxygen atoms in total. The normalized spacial score (nSPS) is 9.20. The van der Waals surface area contributed by atoms with E-state index in [0.29, 0.717) is 0 Å². The van der Waals surface area contributed by atoms with Gasteiger partial charge in [0.15, 0.2) is 0 Å². The molecule has 0 spiro atoms. The molecule has 2 N–H and O–H groups in total. The van der Waals surface area contributed by atoms with E-state index < -0.39 is 5.97 Å². The zero-order valence-corrected chi connectivity index (χ0v) is 5.07. The molecule has 0 aliphatic rings. The highest BCUT2D eigenvalue weighted by Gasteiger charge is 1.96. The fraction of sp³-hybridized carbons (Fsp3) is 0. The van der Waals surface area contributed by atoms with Gasteiger partial charge < -0.3 is 15.6 Å². The van der Waals surface area contributed by atoms with Crippen LogP contribution in [0.3, 0.4) is 0 Å². The lowest BCUT2D eigenvalue weighted by molar-refractivity contribution is -0.254. The molecule has 0 unspecified atom stereocenters. The van der Waals surface area contributed by atoms with Crippen LogP contribution >= 0.6 is 0 Å². The number of aromatic nitrogens is 1. The topological polar surface area (TPSA) is 79.0 Å². The Morgan fingerprint density at radius 3 is 2.80 bits per heavy atom. The second kappa shape index (κ2) is 2.34. The summed E-state index contributed by atoms with van der Waals surface area (Å²) in [6.07, 6.45) is 1.42. The first-order chi connectivity index (χ1) is 4.72. The van der Waals surface area contributed by atoms with Crippen LogP contribution in [0.4, 0.5) is 5.82 Å². The summed E-state index contributed by atoms with van der Waals surface area (Å²) in [6.45, 7) is 0. The molecule has 1 aromatic heterocycles. The van der Waals surface area contributed by atoms with Crippen molar-refractivity contribution < 1.29 is 9.90 Å². The molecule has 0 amide bonds. The first kappa shape index (κ1) is 6.54. The fourth-order valence-corrected chi connectivity index (χ4v) is 0.590. The number of carbonyl (C=O) groups is 1. The SMILES string of the molecule is Nc1ncccc1C(=O)[O-]. The standard InChI is InChI=1S/C6H6N2O2/c7-5-4(6(9)10)2-1-3-8-5/h1-3H,(H2,7,8)(H,9,10)/p-1. The molecular formula is C6H5N2O2-. The maximum Gasteiger partial charge on any atom is 0.132 e. The van der Waals surface area contributed by atoms with Crippen LogP contribution in [0.5, 0.6) is 0 Å². The van der Waals surface area contributed by atoms with Crippen molar-refractivity contribution in [3.8, 4) is 0 Å². The largest absolute Gasteiger partial charge is 0.545 e. The zero-order chi connectivity index (χ0) is 7.56. The number of nitrogens with two attached hydrogens (primary N) is 1. The summed E-state index contributed by atoms with van der Waals surface area (Å²) in [5.41, 5.74) is 5.12. The van der Waals surface area contributed by atoms with E-state index in [2.05, 4.69) is 4.98 Å². The Bertz CT molecular complexity index is 260. The van der Waals surface area contributed by atoms with Gasteiger partial charge in [-0.15, -0.1) is 0 Å². The second-order valence-corrected chi connectivity index (χ2v) is 1.72. The molecule has 0 saturated carbocycles. The number of nitrogen functional groups attached to an aromatic ring is 1. The number of hydrogen-bond donors (Lipinski definition) is 1. The first-order valence-corrected chi connectivity index (χ1v) is 2.63. The first-order valence-electron chi connectivity index (χ1n) is 2.63. The molecule has 1 heterocycles. The minimum Gasteiger partial charge on any atom is -0.545 e. The van der Waals surface area contributed by atoms with Crippen LogP contribution in [-0.2, 0) is 0 Å². The Morgan fingerprint density at radius 2 is 2.40 bits per heavy atom. The van der Waals surface area contributed by atoms with Gasteiger partial charge in [-0.3, -0.25) is 0 Å². The molecule has 0 aliphatic carbocycles. The van der Waals surface area contributed by atoms with Crippen molar-refractivity contribution in [2.24, 2.45) is 0 Å². The quantitative estimate of drug-likeness (QED) is 0.540. The molecule has 10 heavy (non-hydrogen) atoms. The van der Waals surface area contributed by atoms with Gasteiger partial charge in [-0.25, -0.2) is 4.98 Å². The van der Waals surface area contributed by atoms with Crippen LogP contribution in [0, 0.1) is 0 Å². The van der Waals surface area contributed by atoms with Crippen molar-refractivity contribution >= 4 is 11.8 Å². The predicted octanol–water partition coefficient (Wildman–Crippen LogP) is -0.973. The van der Waals surface area contributed by atoms with Gasteiger partial charge in [0, 0.05) is 11.8 Å². The zero-order valence-electron chi connectivity index (χ0n) is 5.07. The molecule has 52 valence electrons. The van der Waals surface area contributed by atoms with Crippen LogP contribution in [0.15, 0.2) is 18.3 Å². The van der Waals surface area contributed by atoms with E-state index >= 15 is 0 Å². The molecule has 0 fully saturated rings. The van der Waals surface area contributed by atoms with Crippen molar-refractivity contribution in [2.45, 2.75) is 0 Å². The summed E-state index contributed by atoms with van der Waals surface area (Å²) in [6, 6.07) is 2.83. The lowest BCUT2D eigenvalue weighted by atomic mass is 10.3. The molecule has 0 bridgehead atoms. The van der Waals surface area contributed by atoms with Gasteiger partial charge in [0.05, 0.1) is 5.97 Å². The number of hydrogen-bond acceptors (Lipinski definition) is 4. The lowest BCUT2D eigenvalue weighted by Gasteiger charge is -2.02. The average molecular weight is 137 g/mol. The van der Waals surface area contributed by atoms with Crippen molar-refractivity contribution in [3.05, 3.63) is 23.9 Å². The van der Waals surface area contributed by atoms with E-state index in [-0.39, 0.29) is 11.4 Å². The Hall–Kier alpha value is -1.58. The monoisotopic (exact) mass is 137 g/mol. The number of anilines is 1. The Labute approximate surface area is 57.3 Å². The second-order valence-electron chi connectivity index (χ2n) is 1.72. The van der Waals surface area contributed by atoms with Crippen molar-refractivity contribution in [3.63, 3.8) is 0 Å². The number of pyridine rings is 1. The molecule has 0 aromatic carbocycles.